The Labute approximate surface area is 89.2 Å². The van der Waals surface area contributed by atoms with E-state index in [1.54, 1.807) is 7.11 Å². The maximum absolute atomic E-state index is 11.4. The normalized spacial score (nSPS) is 10.3. The Bertz CT molecular complexity index is 333. The second-order valence-corrected chi connectivity index (χ2v) is 3.47. The predicted octanol–water partition coefficient (Wildman–Crippen LogP) is 1.39. The smallest absolute Gasteiger partial charge is 0.225 e. The molecule has 84 valence electrons. The molecule has 0 spiro atoms. The molecule has 0 aliphatic heterocycles. The van der Waals surface area contributed by atoms with Crippen LogP contribution in [0.4, 0.5) is 5.82 Å². The van der Waals surface area contributed by atoms with E-state index in [0.29, 0.717) is 18.8 Å². The molecule has 0 aliphatic rings. The van der Waals surface area contributed by atoms with E-state index in [2.05, 4.69) is 15.5 Å². The van der Waals surface area contributed by atoms with Gasteiger partial charge in [-0.3, -0.25) is 9.89 Å². The van der Waals surface area contributed by atoms with Crippen LogP contribution in [0.2, 0.25) is 0 Å². The van der Waals surface area contributed by atoms with Crippen molar-refractivity contribution in [3.63, 3.8) is 0 Å². The quantitative estimate of drug-likeness (QED) is 0.723. The number of methoxy groups -OCH3 is 1. The van der Waals surface area contributed by atoms with Crippen molar-refractivity contribution in [3.8, 4) is 0 Å². The number of rotatable bonds is 5. The first-order chi connectivity index (χ1) is 7.15. The molecule has 0 bridgehead atoms. The van der Waals surface area contributed by atoms with Crippen LogP contribution in [0.25, 0.3) is 0 Å². The fraction of sp³-hybridized carbons (Fsp3) is 0.600. The number of aryl methyl sites for hydroxylation is 1. The Morgan fingerprint density at radius 1 is 1.53 bits per heavy atom. The lowest BCUT2D eigenvalue weighted by atomic mass is 10.2. The van der Waals surface area contributed by atoms with Crippen molar-refractivity contribution in [2.75, 3.05) is 19.0 Å². The Morgan fingerprint density at radius 3 is 2.80 bits per heavy atom. The molecule has 15 heavy (non-hydrogen) atoms. The maximum atomic E-state index is 11.4. The molecule has 0 aromatic carbocycles. The van der Waals surface area contributed by atoms with Gasteiger partial charge in [-0.2, -0.15) is 5.10 Å². The molecule has 0 radical (unpaired) electrons. The van der Waals surface area contributed by atoms with Gasteiger partial charge in [0.2, 0.25) is 5.91 Å². The van der Waals surface area contributed by atoms with Crippen molar-refractivity contribution in [2.24, 2.45) is 0 Å². The first-order valence-electron chi connectivity index (χ1n) is 4.95. The summed E-state index contributed by atoms with van der Waals surface area (Å²) < 4.78 is 4.87. The number of hydrogen-bond acceptors (Lipinski definition) is 3. The van der Waals surface area contributed by atoms with Crippen LogP contribution in [0, 0.1) is 13.8 Å². The summed E-state index contributed by atoms with van der Waals surface area (Å²) in [5, 5.41) is 9.57. The number of nitrogens with one attached hydrogen (secondary N) is 2. The van der Waals surface area contributed by atoms with Crippen molar-refractivity contribution in [1.82, 2.24) is 10.2 Å². The molecule has 1 rings (SSSR count). The number of ether oxygens (including phenoxy) is 1. The van der Waals surface area contributed by atoms with E-state index in [0.717, 1.165) is 17.7 Å². The van der Waals surface area contributed by atoms with E-state index in [4.69, 9.17) is 4.74 Å². The van der Waals surface area contributed by atoms with Gasteiger partial charge in [-0.05, 0) is 20.3 Å². The largest absolute Gasteiger partial charge is 0.385 e. The summed E-state index contributed by atoms with van der Waals surface area (Å²) in [6.45, 7) is 4.44. The summed E-state index contributed by atoms with van der Waals surface area (Å²) in [6, 6.07) is 0. The topological polar surface area (TPSA) is 67.0 Å². The zero-order valence-corrected chi connectivity index (χ0v) is 9.39. The lowest BCUT2D eigenvalue weighted by Gasteiger charge is -2.02. The fourth-order valence-electron chi connectivity index (χ4n) is 1.18. The molecule has 0 saturated carbocycles. The van der Waals surface area contributed by atoms with Gasteiger partial charge in [0.05, 0.1) is 0 Å². The minimum absolute atomic E-state index is 0.0262. The summed E-state index contributed by atoms with van der Waals surface area (Å²) in [5.41, 5.74) is 1.96. The Hall–Kier alpha value is -1.36. The van der Waals surface area contributed by atoms with Crippen LogP contribution in [0.15, 0.2) is 0 Å². The Balaban J connectivity index is 2.41. The van der Waals surface area contributed by atoms with Gasteiger partial charge in [-0.1, -0.05) is 0 Å². The number of H-pyrrole nitrogens is 1. The second kappa shape index (κ2) is 5.50. The Morgan fingerprint density at radius 2 is 2.27 bits per heavy atom. The zero-order valence-electron chi connectivity index (χ0n) is 9.39. The molecule has 0 aliphatic carbocycles. The molecule has 2 N–H and O–H groups in total. The van der Waals surface area contributed by atoms with Crippen LogP contribution in [0.5, 0.6) is 0 Å². The summed E-state index contributed by atoms with van der Waals surface area (Å²) in [4.78, 5) is 11.4. The van der Waals surface area contributed by atoms with Crippen LogP contribution in [-0.2, 0) is 9.53 Å². The third-order valence-electron chi connectivity index (χ3n) is 2.26. The predicted molar refractivity (Wildman–Crippen MR) is 57.8 cm³/mol. The van der Waals surface area contributed by atoms with Crippen molar-refractivity contribution < 1.29 is 9.53 Å². The molecule has 5 heteroatoms. The van der Waals surface area contributed by atoms with Gasteiger partial charge < -0.3 is 10.1 Å². The minimum atomic E-state index is -0.0262. The van der Waals surface area contributed by atoms with Gasteiger partial charge in [0.15, 0.2) is 5.82 Å². The van der Waals surface area contributed by atoms with Crippen LogP contribution in [0.3, 0.4) is 0 Å². The zero-order chi connectivity index (χ0) is 11.3. The molecule has 1 aromatic heterocycles. The molecule has 1 amide bonds. The summed E-state index contributed by atoms with van der Waals surface area (Å²) in [7, 11) is 1.62. The molecule has 0 saturated heterocycles. The van der Waals surface area contributed by atoms with Crippen molar-refractivity contribution in [2.45, 2.75) is 26.7 Å². The number of aromatic amines is 1. The monoisotopic (exact) mass is 211 g/mol. The third kappa shape index (κ3) is 3.36. The van der Waals surface area contributed by atoms with Crippen molar-refractivity contribution in [3.05, 3.63) is 11.3 Å². The summed E-state index contributed by atoms with van der Waals surface area (Å²) in [6.07, 6.45) is 1.18. The van der Waals surface area contributed by atoms with Gasteiger partial charge in [-0.15, -0.1) is 0 Å². The van der Waals surface area contributed by atoms with Crippen LogP contribution >= 0.6 is 0 Å². The van der Waals surface area contributed by atoms with Gasteiger partial charge >= 0.3 is 0 Å². The number of anilines is 1. The summed E-state index contributed by atoms with van der Waals surface area (Å²) in [5.74, 6) is 0.594. The molecule has 5 nitrogen and oxygen atoms in total. The fourth-order valence-corrected chi connectivity index (χ4v) is 1.18. The van der Waals surface area contributed by atoms with Gasteiger partial charge in [0, 0.05) is 31.4 Å². The number of carbonyl (C=O) groups excluding carboxylic acids is 1. The number of aromatic nitrogens is 2. The third-order valence-corrected chi connectivity index (χ3v) is 2.26. The van der Waals surface area contributed by atoms with E-state index >= 15 is 0 Å². The van der Waals surface area contributed by atoms with E-state index < -0.39 is 0 Å². The van der Waals surface area contributed by atoms with Crippen LogP contribution < -0.4 is 5.32 Å². The SMILES string of the molecule is COCCCC(=O)Nc1n[nH]c(C)c1C. The molecule has 1 heterocycles. The van der Waals surface area contributed by atoms with Gasteiger partial charge in [-0.25, -0.2) is 0 Å². The second-order valence-electron chi connectivity index (χ2n) is 3.47. The molecule has 1 aromatic rings. The molecular weight excluding hydrogens is 194 g/mol. The highest BCUT2D eigenvalue weighted by atomic mass is 16.5. The average Bonchev–Trinajstić information content (AvgIpc) is 2.50. The standard InChI is InChI=1S/C10H17N3O2/c1-7-8(2)12-13-10(7)11-9(14)5-4-6-15-3/h4-6H2,1-3H3,(H2,11,12,13,14). The number of amides is 1. The van der Waals surface area contributed by atoms with E-state index in [9.17, 15) is 4.79 Å². The van der Waals surface area contributed by atoms with E-state index in [1.807, 2.05) is 13.8 Å². The first-order valence-corrected chi connectivity index (χ1v) is 4.95. The molecule has 0 atom stereocenters. The molecule has 0 fully saturated rings. The summed E-state index contributed by atoms with van der Waals surface area (Å²) >= 11 is 0. The van der Waals surface area contributed by atoms with Crippen molar-refractivity contribution >= 4 is 11.7 Å². The molecular formula is C10H17N3O2. The lowest BCUT2D eigenvalue weighted by Crippen LogP contribution is -2.13. The highest BCUT2D eigenvalue weighted by Gasteiger charge is 2.08. The maximum Gasteiger partial charge on any atom is 0.225 e. The van der Waals surface area contributed by atoms with E-state index in [-0.39, 0.29) is 5.91 Å². The lowest BCUT2D eigenvalue weighted by molar-refractivity contribution is -0.116. The van der Waals surface area contributed by atoms with Crippen LogP contribution in [-0.4, -0.2) is 29.8 Å². The van der Waals surface area contributed by atoms with Crippen molar-refractivity contribution in [1.29, 1.82) is 0 Å². The minimum Gasteiger partial charge on any atom is -0.385 e. The highest BCUT2D eigenvalue weighted by molar-refractivity contribution is 5.90. The van der Waals surface area contributed by atoms with Crippen LogP contribution in [0.1, 0.15) is 24.1 Å². The van der Waals surface area contributed by atoms with Gasteiger partial charge in [0.25, 0.3) is 0 Å². The first kappa shape index (κ1) is 11.7. The van der Waals surface area contributed by atoms with Gasteiger partial charge in [0.1, 0.15) is 0 Å². The number of carbonyl (C=O) groups is 1. The number of nitrogens with zero attached hydrogens (tertiary/aromatic N) is 1. The average molecular weight is 211 g/mol. The highest BCUT2D eigenvalue weighted by Crippen LogP contribution is 2.13. The molecule has 0 unspecified atom stereocenters. The Kier molecular flexibility index (Phi) is 4.30. The van der Waals surface area contributed by atoms with E-state index in [1.165, 1.54) is 0 Å². The number of hydrogen-bond donors (Lipinski definition) is 2.